The van der Waals surface area contributed by atoms with Gasteiger partial charge in [-0.1, -0.05) is 12.1 Å². The molecule has 1 saturated heterocycles. The normalized spacial score (nSPS) is 17.0. The highest BCUT2D eigenvalue weighted by molar-refractivity contribution is 6.07. The van der Waals surface area contributed by atoms with Crippen LogP contribution in [0.4, 0.5) is 11.4 Å². The summed E-state index contributed by atoms with van der Waals surface area (Å²) in [4.78, 5) is 12.2. The topological polar surface area (TPSA) is 76.4 Å². The van der Waals surface area contributed by atoms with E-state index in [0.29, 0.717) is 29.6 Å². The molecular formula is C18H21N3O2. The molecule has 23 heavy (non-hydrogen) atoms. The molecule has 0 aliphatic carbocycles. The third kappa shape index (κ3) is 4.02. The molecule has 2 aromatic rings. The Kier molecular flexibility index (Phi) is 4.78. The molecule has 0 radical (unpaired) electrons. The Labute approximate surface area is 135 Å². The van der Waals surface area contributed by atoms with Crippen LogP contribution in [0.2, 0.25) is 0 Å². The number of nitrogens with one attached hydrogen (secondary N) is 2. The monoisotopic (exact) mass is 311 g/mol. The number of nitrogens with two attached hydrogens (primary N) is 1. The molecule has 0 bridgehead atoms. The number of rotatable bonds is 5. The molecule has 1 heterocycles. The molecule has 5 nitrogen and oxygen atoms in total. The lowest BCUT2D eigenvalue weighted by atomic mass is 10.1. The van der Waals surface area contributed by atoms with Crippen LogP contribution in [-0.4, -0.2) is 25.1 Å². The average Bonchev–Trinajstić information content (AvgIpc) is 3.08. The van der Waals surface area contributed by atoms with E-state index in [9.17, 15) is 4.79 Å². The maximum atomic E-state index is 12.2. The molecule has 0 unspecified atom stereocenters. The minimum absolute atomic E-state index is 0.216. The lowest BCUT2D eigenvalue weighted by Crippen LogP contribution is -2.28. The number of hydrogen-bond acceptors (Lipinski definition) is 4. The fourth-order valence-electron chi connectivity index (χ4n) is 2.63. The predicted octanol–water partition coefficient (Wildman–Crippen LogP) is 2.65. The Bertz CT molecular complexity index is 664. The van der Waals surface area contributed by atoms with Crippen LogP contribution in [0.5, 0.6) is 5.75 Å². The average molecular weight is 311 g/mol. The number of amides is 1. The van der Waals surface area contributed by atoms with Crippen molar-refractivity contribution in [3.05, 3.63) is 54.1 Å². The summed E-state index contributed by atoms with van der Waals surface area (Å²) < 4.78 is 5.76. The van der Waals surface area contributed by atoms with Crippen molar-refractivity contribution in [2.24, 2.45) is 0 Å². The van der Waals surface area contributed by atoms with Crippen molar-refractivity contribution in [3.8, 4) is 5.75 Å². The predicted molar refractivity (Wildman–Crippen MR) is 91.8 cm³/mol. The van der Waals surface area contributed by atoms with E-state index in [1.54, 1.807) is 24.3 Å². The van der Waals surface area contributed by atoms with E-state index in [1.807, 2.05) is 24.3 Å². The van der Waals surface area contributed by atoms with Crippen LogP contribution >= 0.6 is 0 Å². The summed E-state index contributed by atoms with van der Waals surface area (Å²) in [5.41, 5.74) is 7.46. The van der Waals surface area contributed by atoms with Crippen molar-refractivity contribution in [1.29, 1.82) is 0 Å². The van der Waals surface area contributed by atoms with Crippen LogP contribution in [0.25, 0.3) is 0 Å². The molecule has 1 atom stereocenters. The second-order valence-corrected chi connectivity index (χ2v) is 5.67. The molecule has 3 rings (SSSR count). The van der Waals surface area contributed by atoms with Gasteiger partial charge in [0.15, 0.2) is 0 Å². The smallest absolute Gasteiger partial charge is 0.257 e. The maximum absolute atomic E-state index is 12.2. The molecule has 1 fully saturated rings. The van der Waals surface area contributed by atoms with E-state index < -0.39 is 0 Å². The summed E-state index contributed by atoms with van der Waals surface area (Å²) in [6, 6.07) is 14.8. The van der Waals surface area contributed by atoms with E-state index in [0.717, 1.165) is 18.7 Å². The van der Waals surface area contributed by atoms with Gasteiger partial charge in [-0.3, -0.25) is 4.79 Å². The molecule has 0 spiro atoms. The summed E-state index contributed by atoms with van der Waals surface area (Å²) in [5.74, 6) is 0.586. The molecule has 1 amide bonds. The largest absolute Gasteiger partial charge is 0.492 e. The SMILES string of the molecule is Nc1ccccc1C(=O)Nc1ccc(OC[C@H]2CCCN2)cc1. The van der Waals surface area contributed by atoms with E-state index in [2.05, 4.69) is 10.6 Å². The summed E-state index contributed by atoms with van der Waals surface area (Å²) in [6.07, 6.45) is 2.37. The highest BCUT2D eigenvalue weighted by Crippen LogP contribution is 2.19. The second kappa shape index (κ2) is 7.15. The molecule has 120 valence electrons. The Morgan fingerprint density at radius 3 is 2.70 bits per heavy atom. The van der Waals surface area contributed by atoms with Gasteiger partial charge in [-0.15, -0.1) is 0 Å². The minimum atomic E-state index is -0.216. The van der Waals surface area contributed by atoms with Gasteiger partial charge in [0.1, 0.15) is 12.4 Å². The zero-order valence-corrected chi connectivity index (χ0v) is 12.9. The van der Waals surface area contributed by atoms with Gasteiger partial charge in [-0.2, -0.15) is 0 Å². The van der Waals surface area contributed by atoms with Crippen molar-refractivity contribution >= 4 is 17.3 Å². The van der Waals surface area contributed by atoms with Gasteiger partial charge in [0.2, 0.25) is 0 Å². The first kappa shape index (κ1) is 15.4. The lowest BCUT2D eigenvalue weighted by molar-refractivity contribution is 0.102. The quantitative estimate of drug-likeness (QED) is 0.742. The molecule has 0 saturated carbocycles. The molecule has 1 aliphatic rings. The number of carbonyl (C=O) groups excluding carboxylic acids is 1. The summed E-state index contributed by atoms with van der Waals surface area (Å²) in [5, 5.41) is 6.23. The number of hydrogen-bond donors (Lipinski definition) is 3. The molecule has 1 aliphatic heterocycles. The first-order chi connectivity index (χ1) is 11.2. The van der Waals surface area contributed by atoms with Crippen molar-refractivity contribution in [1.82, 2.24) is 5.32 Å². The fourth-order valence-corrected chi connectivity index (χ4v) is 2.63. The third-order valence-electron chi connectivity index (χ3n) is 3.93. The van der Waals surface area contributed by atoms with Gasteiger partial charge >= 0.3 is 0 Å². The second-order valence-electron chi connectivity index (χ2n) is 5.67. The van der Waals surface area contributed by atoms with E-state index >= 15 is 0 Å². The van der Waals surface area contributed by atoms with E-state index in [4.69, 9.17) is 10.5 Å². The number of carbonyl (C=O) groups is 1. The van der Waals surface area contributed by atoms with Crippen LogP contribution in [-0.2, 0) is 0 Å². The van der Waals surface area contributed by atoms with Crippen LogP contribution in [0.15, 0.2) is 48.5 Å². The van der Waals surface area contributed by atoms with Crippen molar-refractivity contribution < 1.29 is 9.53 Å². The Hall–Kier alpha value is -2.53. The highest BCUT2D eigenvalue weighted by atomic mass is 16.5. The molecule has 4 N–H and O–H groups in total. The standard InChI is InChI=1S/C18H21N3O2/c19-17-6-2-1-5-16(17)18(22)21-13-7-9-15(10-8-13)23-12-14-4-3-11-20-14/h1-2,5-10,14,20H,3-4,11-12,19H2,(H,21,22)/t14-/m1/s1. The summed E-state index contributed by atoms with van der Waals surface area (Å²) >= 11 is 0. The van der Waals surface area contributed by atoms with Gasteiger partial charge in [0, 0.05) is 17.4 Å². The number of anilines is 2. The van der Waals surface area contributed by atoms with Crippen LogP contribution in [0, 0.1) is 0 Å². The zero-order valence-electron chi connectivity index (χ0n) is 12.9. The van der Waals surface area contributed by atoms with E-state index in [-0.39, 0.29) is 5.91 Å². The minimum Gasteiger partial charge on any atom is -0.492 e. The lowest BCUT2D eigenvalue weighted by Gasteiger charge is -2.12. The van der Waals surface area contributed by atoms with Crippen LogP contribution in [0.3, 0.4) is 0 Å². The molecule has 5 heteroatoms. The zero-order chi connectivity index (χ0) is 16.1. The first-order valence-corrected chi connectivity index (χ1v) is 7.84. The molecular weight excluding hydrogens is 290 g/mol. The number of benzene rings is 2. The summed E-state index contributed by atoms with van der Waals surface area (Å²) in [6.45, 7) is 1.74. The molecule has 2 aromatic carbocycles. The van der Waals surface area contributed by atoms with Gasteiger partial charge in [0.05, 0.1) is 5.56 Å². The summed E-state index contributed by atoms with van der Waals surface area (Å²) in [7, 11) is 0. The molecule has 0 aromatic heterocycles. The number of nitrogen functional groups attached to an aromatic ring is 1. The maximum Gasteiger partial charge on any atom is 0.257 e. The van der Waals surface area contributed by atoms with Crippen LogP contribution < -0.4 is 21.1 Å². The van der Waals surface area contributed by atoms with Gasteiger partial charge in [-0.05, 0) is 55.8 Å². The van der Waals surface area contributed by atoms with Gasteiger partial charge in [0.25, 0.3) is 5.91 Å². The Morgan fingerprint density at radius 2 is 2.00 bits per heavy atom. The van der Waals surface area contributed by atoms with E-state index in [1.165, 1.54) is 6.42 Å². The van der Waals surface area contributed by atoms with Crippen molar-refractivity contribution in [3.63, 3.8) is 0 Å². The Morgan fingerprint density at radius 1 is 1.22 bits per heavy atom. The number of para-hydroxylation sites is 1. The van der Waals surface area contributed by atoms with Crippen molar-refractivity contribution in [2.45, 2.75) is 18.9 Å². The van der Waals surface area contributed by atoms with Crippen molar-refractivity contribution in [2.75, 3.05) is 24.2 Å². The van der Waals surface area contributed by atoms with Gasteiger partial charge < -0.3 is 21.1 Å². The Balaban J connectivity index is 1.56. The highest BCUT2D eigenvalue weighted by Gasteiger charge is 2.14. The van der Waals surface area contributed by atoms with Crippen LogP contribution in [0.1, 0.15) is 23.2 Å². The fraction of sp³-hybridized carbons (Fsp3) is 0.278. The number of ether oxygens (including phenoxy) is 1. The first-order valence-electron chi connectivity index (χ1n) is 7.84. The third-order valence-corrected chi connectivity index (χ3v) is 3.93. The van der Waals surface area contributed by atoms with Gasteiger partial charge in [-0.25, -0.2) is 0 Å².